The molecule has 1 aliphatic heterocycles. The largest absolute Gasteiger partial charge is 0.456 e. The fraction of sp³-hybridized carbons (Fsp3) is 0.0870. The standard InChI is InChI=1S/C46H37NO4/c1-29(2)41(48)25-33-15-13-31(14-16-33)17-21-36-26-34-9-5-7-11-39(34)42-43-40-12-8-6-10-35(40)27-37(45(43)51-28-50-44(36)42)22-18-32-19-23-38(24-20-32)47-46(49)30(3)4/h5-24,26-27H,1,3,25,28H2,2,4H3,(H,47,49)/b21-17+,22-18+. The predicted octanol–water partition coefficient (Wildman–Crippen LogP) is 10.9. The Bertz CT molecular complexity index is 2240. The van der Waals surface area contributed by atoms with Crippen LogP contribution in [0.4, 0.5) is 5.69 Å². The summed E-state index contributed by atoms with van der Waals surface area (Å²) in [6, 6.07) is 36.7. The number of fused-ring (bicyclic) bond motifs is 7. The number of Topliss-reactive ketones (excluding diaryl/α,β-unsaturated/α-hetero) is 1. The highest BCUT2D eigenvalue weighted by Gasteiger charge is 2.26. The molecule has 6 aromatic rings. The number of amides is 1. The molecule has 0 unspecified atom stereocenters. The van der Waals surface area contributed by atoms with Crippen LogP contribution in [0.2, 0.25) is 0 Å². The highest BCUT2D eigenvalue weighted by atomic mass is 16.7. The molecule has 0 saturated heterocycles. The summed E-state index contributed by atoms with van der Waals surface area (Å²) in [5, 5.41) is 7.17. The fourth-order valence-electron chi connectivity index (χ4n) is 6.27. The number of hydrogen-bond donors (Lipinski definition) is 1. The van der Waals surface area contributed by atoms with Crippen LogP contribution >= 0.6 is 0 Å². The number of ketones is 1. The number of allylic oxidation sites excluding steroid dienone is 1. The van der Waals surface area contributed by atoms with Gasteiger partial charge < -0.3 is 14.8 Å². The Kier molecular flexibility index (Phi) is 9.19. The van der Waals surface area contributed by atoms with Gasteiger partial charge in [-0.2, -0.15) is 0 Å². The molecule has 1 N–H and O–H groups in total. The normalized spacial score (nSPS) is 12.2. The molecule has 0 aliphatic carbocycles. The maximum atomic E-state index is 12.2. The molecular formula is C46H37NO4. The second-order valence-corrected chi connectivity index (χ2v) is 12.8. The van der Waals surface area contributed by atoms with Crippen LogP contribution in [0.15, 0.2) is 133 Å². The van der Waals surface area contributed by atoms with Gasteiger partial charge in [-0.05, 0) is 81.9 Å². The summed E-state index contributed by atoms with van der Waals surface area (Å²) in [7, 11) is 0. The molecule has 0 atom stereocenters. The lowest BCUT2D eigenvalue weighted by molar-refractivity contribution is -0.115. The van der Waals surface area contributed by atoms with Gasteiger partial charge in [0.15, 0.2) is 5.78 Å². The number of hydrogen-bond acceptors (Lipinski definition) is 4. The zero-order valence-electron chi connectivity index (χ0n) is 28.7. The number of rotatable bonds is 9. The second kappa shape index (κ2) is 14.2. The van der Waals surface area contributed by atoms with Gasteiger partial charge in [0.1, 0.15) is 11.5 Å². The van der Waals surface area contributed by atoms with Crippen molar-refractivity contribution in [3.05, 3.63) is 161 Å². The first-order valence-corrected chi connectivity index (χ1v) is 16.8. The van der Waals surface area contributed by atoms with E-state index in [9.17, 15) is 9.59 Å². The van der Waals surface area contributed by atoms with Gasteiger partial charge in [-0.3, -0.25) is 9.59 Å². The molecule has 6 aromatic carbocycles. The first-order chi connectivity index (χ1) is 24.7. The molecule has 1 aliphatic rings. The van der Waals surface area contributed by atoms with Crippen LogP contribution in [0.5, 0.6) is 11.5 Å². The number of benzene rings is 6. The molecule has 0 bridgehead atoms. The molecule has 0 aromatic heterocycles. The van der Waals surface area contributed by atoms with Crippen LogP contribution in [0.1, 0.15) is 41.7 Å². The van der Waals surface area contributed by atoms with E-state index >= 15 is 0 Å². The molecule has 5 heteroatoms. The Hall–Kier alpha value is -6.46. The summed E-state index contributed by atoms with van der Waals surface area (Å²) in [4.78, 5) is 24.2. The Morgan fingerprint density at radius 2 is 1.14 bits per heavy atom. The summed E-state index contributed by atoms with van der Waals surface area (Å²) >= 11 is 0. The van der Waals surface area contributed by atoms with Gasteiger partial charge in [0.25, 0.3) is 5.91 Å². The lowest BCUT2D eigenvalue weighted by Crippen LogP contribution is -2.11. The van der Waals surface area contributed by atoms with E-state index in [1.54, 1.807) is 13.8 Å². The first kappa shape index (κ1) is 33.1. The van der Waals surface area contributed by atoms with E-state index in [-0.39, 0.29) is 18.5 Å². The van der Waals surface area contributed by atoms with E-state index < -0.39 is 0 Å². The Morgan fingerprint density at radius 1 is 0.647 bits per heavy atom. The van der Waals surface area contributed by atoms with Gasteiger partial charge in [-0.1, -0.05) is 122 Å². The minimum atomic E-state index is -0.203. The summed E-state index contributed by atoms with van der Waals surface area (Å²) in [5.74, 6) is 1.35. The smallest absolute Gasteiger partial charge is 0.250 e. The van der Waals surface area contributed by atoms with Gasteiger partial charge in [0.05, 0.1) is 0 Å². The van der Waals surface area contributed by atoms with Gasteiger partial charge in [-0.25, -0.2) is 0 Å². The SMILES string of the molecule is C=C(C)C(=O)Cc1ccc(/C=C/c2cc3ccccc3c3c2OCOc2c(/C=C/c4ccc(NC(=O)C(=C)C)cc4)cc4ccccc4c2-3)cc1. The van der Waals surface area contributed by atoms with Crippen molar-refractivity contribution < 1.29 is 19.1 Å². The van der Waals surface area contributed by atoms with Crippen LogP contribution in [-0.4, -0.2) is 18.5 Å². The van der Waals surface area contributed by atoms with Crippen molar-refractivity contribution in [3.8, 4) is 22.6 Å². The Morgan fingerprint density at radius 3 is 1.63 bits per heavy atom. The number of nitrogens with one attached hydrogen (secondary N) is 1. The summed E-state index contributed by atoms with van der Waals surface area (Å²) < 4.78 is 13.0. The van der Waals surface area contributed by atoms with E-state index in [4.69, 9.17) is 9.47 Å². The minimum Gasteiger partial charge on any atom is -0.456 e. The van der Waals surface area contributed by atoms with Crippen LogP contribution < -0.4 is 14.8 Å². The lowest BCUT2D eigenvalue weighted by atomic mass is 9.88. The van der Waals surface area contributed by atoms with Crippen molar-refractivity contribution in [2.24, 2.45) is 0 Å². The number of anilines is 1. The third kappa shape index (κ3) is 7.01. The summed E-state index contributed by atoms with van der Waals surface area (Å²) in [6.07, 6.45) is 8.60. The lowest BCUT2D eigenvalue weighted by Gasteiger charge is -2.17. The summed E-state index contributed by atoms with van der Waals surface area (Å²) in [6.45, 7) is 10.9. The molecule has 0 saturated carbocycles. The van der Waals surface area contributed by atoms with Crippen LogP contribution in [-0.2, 0) is 16.0 Å². The van der Waals surface area contributed by atoms with E-state index in [2.05, 4.69) is 91.3 Å². The van der Waals surface area contributed by atoms with Crippen molar-refractivity contribution in [2.45, 2.75) is 20.3 Å². The molecule has 1 heterocycles. The molecule has 0 radical (unpaired) electrons. The van der Waals surface area contributed by atoms with Gasteiger partial charge in [-0.15, -0.1) is 0 Å². The van der Waals surface area contributed by atoms with Crippen LogP contribution in [0, 0.1) is 0 Å². The van der Waals surface area contributed by atoms with E-state index in [0.29, 0.717) is 23.3 Å². The third-order valence-electron chi connectivity index (χ3n) is 9.00. The van der Waals surface area contributed by atoms with Gasteiger partial charge in [0.2, 0.25) is 6.79 Å². The van der Waals surface area contributed by atoms with Crippen molar-refractivity contribution in [3.63, 3.8) is 0 Å². The molecule has 51 heavy (non-hydrogen) atoms. The maximum absolute atomic E-state index is 12.2. The molecule has 0 spiro atoms. The number of carbonyl (C=O) groups excluding carboxylic acids is 2. The quantitative estimate of drug-likeness (QED) is 0.123. The van der Waals surface area contributed by atoms with E-state index in [1.165, 1.54) is 0 Å². The molecule has 0 fully saturated rings. The predicted molar refractivity (Wildman–Crippen MR) is 211 cm³/mol. The summed E-state index contributed by atoms with van der Waals surface area (Å²) in [5.41, 5.74) is 8.50. The molecular weight excluding hydrogens is 631 g/mol. The van der Waals surface area contributed by atoms with Gasteiger partial charge >= 0.3 is 0 Å². The van der Waals surface area contributed by atoms with Crippen LogP contribution in [0.25, 0.3) is 57.0 Å². The molecule has 1 amide bonds. The maximum Gasteiger partial charge on any atom is 0.250 e. The molecule has 250 valence electrons. The second-order valence-electron chi connectivity index (χ2n) is 12.8. The van der Waals surface area contributed by atoms with Crippen molar-refractivity contribution in [1.29, 1.82) is 0 Å². The highest BCUT2D eigenvalue weighted by molar-refractivity contribution is 6.12. The Balaban J connectivity index is 1.31. The highest BCUT2D eigenvalue weighted by Crippen LogP contribution is 2.50. The van der Waals surface area contributed by atoms with Crippen molar-refractivity contribution >= 4 is 63.2 Å². The average molecular weight is 668 g/mol. The molecule has 5 nitrogen and oxygen atoms in total. The zero-order chi connectivity index (χ0) is 35.5. The fourth-order valence-corrected chi connectivity index (χ4v) is 6.27. The zero-order valence-corrected chi connectivity index (χ0v) is 28.7. The van der Waals surface area contributed by atoms with E-state index in [0.717, 1.165) is 72.0 Å². The molecule has 7 rings (SSSR count). The topological polar surface area (TPSA) is 64.6 Å². The van der Waals surface area contributed by atoms with Crippen molar-refractivity contribution in [1.82, 2.24) is 0 Å². The monoisotopic (exact) mass is 667 g/mol. The Labute approximate surface area is 297 Å². The van der Waals surface area contributed by atoms with E-state index in [1.807, 2.05) is 60.7 Å². The first-order valence-electron chi connectivity index (χ1n) is 16.8. The average Bonchev–Trinajstić information content (AvgIpc) is 3.35. The van der Waals surface area contributed by atoms with Crippen LogP contribution in [0.3, 0.4) is 0 Å². The minimum absolute atomic E-state index is 0.0426. The number of ether oxygens (including phenoxy) is 2. The van der Waals surface area contributed by atoms with Crippen molar-refractivity contribution in [2.75, 3.05) is 12.1 Å². The van der Waals surface area contributed by atoms with Gasteiger partial charge in [0, 0.05) is 39.9 Å². The number of carbonyl (C=O) groups is 2. The third-order valence-corrected chi connectivity index (χ3v) is 9.00.